The molecule has 0 spiro atoms. The van der Waals surface area contributed by atoms with E-state index in [-0.39, 0.29) is 6.10 Å². The van der Waals surface area contributed by atoms with E-state index in [4.69, 9.17) is 4.84 Å². The lowest BCUT2D eigenvalue weighted by Gasteiger charge is -2.02. The molecule has 0 saturated carbocycles. The molecular formula is C14H13NO. The summed E-state index contributed by atoms with van der Waals surface area (Å²) in [6.45, 7) is 2.04. The minimum absolute atomic E-state index is 0.210. The molecular weight excluding hydrogens is 198 g/mol. The SMILES string of the molecule is CC1CC(c2ccc3ccccc3c2)=NO1. The average Bonchev–Trinajstić information content (AvgIpc) is 2.75. The van der Waals surface area contributed by atoms with Gasteiger partial charge in [-0.3, -0.25) is 0 Å². The van der Waals surface area contributed by atoms with Gasteiger partial charge in [0.2, 0.25) is 0 Å². The number of hydrogen-bond donors (Lipinski definition) is 0. The van der Waals surface area contributed by atoms with Crippen LogP contribution in [0.15, 0.2) is 47.6 Å². The molecule has 1 aliphatic heterocycles. The molecule has 2 heteroatoms. The summed E-state index contributed by atoms with van der Waals surface area (Å²) in [5.74, 6) is 0. The Morgan fingerprint density at radius 2 is 1.94 bits per heavy atom. The van der Waals surface area contributed by atoms with Gasteiger partial charge in [-0.15, -0.1) is 0 Å². The van der Waals surface area contributed by atoms with E-state index in [0.29, 0.717) is 0 Å². The summed E-state index contributed by atoms with van der Waals surface area (Å²) in [7, 11) is 0. The van der Waals surface area contributed by atoms with Crippen LogP contribution in [-0.2, 0) is 4.84 Å². The van der Waals surface area contributed by atoms with Crippen molar-refractivity contribution >= 4 is 16.5 Å². The summed E-state index contributed by atoms with van der Waals surface area (Å²) in [5, 5.41) is 6.63. The highest BCUT2D eigenvalue weighted by Gasteiger charge is 2.17. The lowest BCUT2D eigenvalue weighted by molar-refractivity contribution is 0.0995. The van der Waals surface area contributed by atoms with Crippen LogP contribution in [0.25, 0.3) is 10.8 Å². The number of hydrogen-bond acceptors (Lipinski definition) is 2. The van der Waals surface area contributed by atoms with Crippen LogP contribution in [0.2, 0.25) is 0 Å². The van der Waals surface area contributed by atoms with Gasteiger partial charge in [-0.1, -0.05) is 41.6 Å². The smallest absolute Gasteiger partial charge is 0.130 e. The first-order chi connectivity index (χ1) is 7.83. The Hall–Kier alpha value is -1.83. The first-order valence-electron chi connectivity index (χ1n) is 5.55. The number of rotatable bonds is 1. The molecule has 3 rings (SSSR count). The minimum atomic E-state index is 0.210. The topological polar surface area (TPSA) is 21.6 Å². The molecule has 2 aromatic rings. The second-order valence-electron chi connectivity index (χ2n) is 4.22. The first kappa shape index (κ1) is 9.40. The van der Waals surface area contributed by atoms with Crippen molar-refractivity contribution in [3.05, 3.63) is 48.0 Å². The summed E-state index contributed by atoms with van der Waals surface area (Å²) in [4.78, 5) is 5.22. The fourth-order valence-corrected chi connectivity index (χ4v) is 2.04. The van der Waals surface area contributed by atoms with Crippen LogP contribution >= 0.6 is 0 Å². The third kappa shape index (κ3) is 1.56. The van der Waals surface area contributed by atoms with Crippen molar-refractivity contribution in [2.45, 2.75) is 19.4 Å². The molecule has 0 bridgehead atoms. The normalized spacial score (nSPS) is 19.6. The average molecular weight is 211 g/mol. The number of fused-ring (bicyclic) bond motifs is 1. The summed E-state index contributed by atoms with van der Waals surface area (Å²) in [5.41, 5.74) is 2.22. The highest BCUT2D eigenvalue weighted by atomic mass is 16.6. The standard InChI is InChI=1S/C14H13NO/c1-10-8-14(15-16-10)13-7-6-11-4-2-3-5-12(11)9-13/h2-7,9-10H,8H2,1H3. The second-order valence-corrected chi connectivity index (χ2v) is 4.22. The van der Waals surface area contributed by atoms with Gasteiger partial charge in [0, 0.05) is 12.0 Å². The fourth-order valence-electron chi connectivity index (χ4n) is 2.04. The van der Waals surface area contributed by atoms with Crippen molar-refractivity contribution in [1.29, 1.82) is 0 Å². The third-order valence-corrected chi connectivity index (χ3v) is 2.91. The highest BCUT2D eigenvalue weighted by Crippen LogP contribution is 2.20. The molecule has 2 aromatic carbocycles. The maximum absolute atomic E-state index is 5.22. The van der Waals surface area contributed by atoms with Crippen LogP contribution in [0, 0.1) is 0 Å². The van der Waals surface area contributed by atoms with Crippen LogP contribution in [0.4, 0.5) is 0 Å². The fraction of sp³-hybridized carbons (Fsp3) is 0.214. The van der Waals surface area contributed by atoms with Gasteiger partial charge < -0.3 is 4.84 Å². The molecule has 0 saturated heterocycles. The van der Waals surface area contributed by atoms with Crippen LogP contribution in [0.1, 0.15) is 18.9 Å². The van der Waals surface area contributed by atoms with E-state index in [2.05, 4.69) is 47.6 Å². The Balaban J connectivity index is 2.05. The molecule has 0 radical (unpaired) electrons. The summed E-state index contributed by atoms with van der Waals surface area (Å²) in [6.07, 6.45) is 1.11. The van der Waals surface area contributed by atoms with Crippen LogP contribution < -0.4 is 0 Å². The minimum Gasteiger partial charge on any atom is -0.392 e. The molecule has 1 unspecified atom stereocenters. The van der Waals surface area contributed by atoms with Crippen molar-refractivity contribution in [2.24, 2.45) is 5.16 Å². The van der Waals surface area contributed by atoms with Gasteiger partial charge in [0.05, 0.1) is 5.71 Å². The summed E-state index contributed by atoms with van der Waals surface area (Å²) in [6, 6.07) is 14.8. The highest BCUT2D eigenvalue weighted by molar-refractivity contribution is 6.03. The van der Waals surface area contributed by atoms with Gasteiger partial charge in [-0.25, -0.2) is 0 Å². The molecule has 2 nitrogen and oxygen atoms in total. The van der Waals surface area contributed by atoms with E-state index in [0.717, 1.165) is 12.1 Å². The lowest BCUT2D eigenvalue weighted by atomic mass is 10.0. The zero-order valence-electron chi connectivity index (χ0n) is 9.18. The Morgan fingerprint density at radius 3 is 2.69 bits per heavy atom. The Morgan fingerprint density at radius 1 is 1.12 bits per heavy atom. The Labute approximate surface area is 94.5 Å². The number of oxime groups is 1. The van der Waals surface area contributed by atoms with E-state index >= 15 is 0 Å². The maximum atomic E-state index is 5.22. The maximum Gasteiger partial charge on any atom is 0.130 e. The van der Waals surface area contributed by atoms with Crippen LogP contribution in [0.3, 0.4) is 0 Å². The zero-order valence-corrected chi connectivity index (χ0v) is 9.18. The monoisotopic (exact) mass is 211 g/mol. The lowest BCUT2D eigenvalue weighted by Crippen LogP contribution is -2.02. The molecule has 0 fully saturated rings. The van der Waals surface area contributed by atoms with Gasteiger partial charge in [0.15, 0.2) is 0 Å². The predicted octanol–water partition coefficient (Wildman–Crippen LogP) is 3.35. The zero-order chi connectivity index (χ0) is 11.0. The van der Waals surface area contributed by atoms with Gasteiger partial charge >= 0.3 is 0 Å². The molecule has 16 heavy (non-hydrogen) atoms. The second kappa shape index (κ2) is 3.63. The number of benzene rings is 2. The molecule has 0 amide bonds. The van der Waals surface area contributed by atoms with E-state index in [9.17, 15) is 0 Å². The molecule has 1 atom stereocenters. The first-order valence-corrected chi connectivity index (χ1v) is 5.55. The van der Waals surface area contributed by atoms with Crippen molar-refractivity contribution in [2.75, 3.05) is 0 Å². The van der Waals surface area contributed by atoms with E-state index in [1.54, 1.807) is 0 Å². The molecule has 1 aliphatic rings. The van der Waals surface area contributed by atoms with Crippen molar-refractivity contribution in [3.8, 4) is 0 Å². The van der Waals surface area contributed by atoms with Crippen LogP contribution in [0.5, 0.6) is 0 Å². The quantitative estimate of drug-likeness (QED) is 0.708. The predicted molar refractivity (Wildman–Crippen MR) is 65.6 cm³/mol. The molecule has 0 aromatic heterocycles. The van der Waals surface area contributed by atoms with Gasteiger partial charge in [0.1, 0.15) is 6.10 Å². The number of nitrogens with zero attached hydrogens (tertiary/aromatic N) is 1. The van der Waals surface area contributed by atoms with E-state index < -0.39 is 0 Å². The molecule has 0 N–H and O–H groups in total. The molecule has 0 aliphatic carbocycles. The summed E-state index contributed by atoms with van der Waals surface area (Å²) >= 11 is 0. The van der Waals surface area contributed by atoms with Crippen molar-refractivity contribution in [3.63, 3.8) is 0 Å². The largest absolute Gasteiger partial charge is 0.392 e. The third-order valence-electron chi connectivity index (χ3n) is 2.91. The van der Waals surface area contributed by atoms with Gasteiger partial charge in [-0.2, -0.15) is 0 Å². The van der Waals surface area contributed by atoms with Crippen LogP contribution in [-0.4, -0.2) is 11.8 Å². The van der Waals surface area contributed by atoms with Crippen molar-refractivity contribution < 1.29 is 4.84 Å². The van der Waals surface area contributed by atoms with Crippen molar-refractivity contribution in [1.82, 2.24) is 0 Å². The van der Waals surface area contributed by atoms with Gasteiger partial charge in [-0.05, 0) is 23.8 Å². The van der Waals surface area contributed by atoms with Gasteiger partial charge in [0.25, 0.3) is 0 Å². The Kier molecular flexibility index (Phi) is 2.13. The van der Waals surface area contributed by atoms with E-state index in [1.807, 2.05) is 6.92 Å². The molecule has 1 heterocycles. The molecule has 80 valence electrons. The summed E-state index contributed by atoms with van der Waals surface area (Å²) < 4.78 is 0. The Bertz CT molecular complexity index is 559. The van der Waals surface area contributed by atoms with E-state index in [1.165, 1.54) is 16.3 Å².